The van der Waals surface area contributed by atoms with E-state index < -0.39 is 0 Å². The Morgan fingerprint density at radius 1 is 0.765 bits per heavy atom. The van der Waals surface area contributed by atoms with Gasteiger partial charge in [0.2, 0.25) is 0 Å². The molecule has 0 spiro atoms. The van der Waals surface area contributed by atoms with E-state index in [1.54, 1.807) is 0 Å². The van der Waals surface area contributed by atoms with Gasteiger partial charge in [0, 0.05) is 12.2 Å². The van der Waals surface area contributed by atoms with Crippen LogP contribution in [0.5, 0.6) is 0 Å². The third kappa shape index (κ3) is 2.50. The zero-order chi connectivity index (χ0) is 12.1. The fourth-order valence-electron chi connectivity index (χ4n) is 2.14. The van der Waals surface area contributed by atoms with Gasteiger partial charge in [-0.1, -0.05) is 56.3 Å². The summed E-state index contributed by atoms with van der Waals surface area (Å²) in [7, 11) is 0. The molecule has 2 aromatic carbocycles. The summed E-state index contributed by atoms with van der Waals surface area (Å²) >= 11 is 0. The second-order valence-electron chi connectivity index (χ2n) is 3.96. The molecule has 1 N–H and O–H groups in total. The van der Waals surface area contributed by atoms with E-state index in [4.69, 9.17) is 0 Å². The molecule has 1 aliphatic rings. The predicted molar refractivity (Wildman–Crippen MR) is 74.4 cm³/mol. The van der Waals surface area contributed by atoms with Crippen molar-refractivity contribution in [2.45, 2.75) is 26.8 Å². The highest BCUT2D eigenvalue weighted by molar-refractivity contribution is 5.55. The average molecular weight is 225 g/mol. The van der Waals surface area contributed by atoms with Gasteiger partial charge in [-0.25, -0.2) is 0 Å². The summed E-state index contributed by atoms with van der Waals surface area (Å²) < 4.78 is 0. The van der Waals surface area contributed by atoms with Crippen LogP contribution in [0.15, 0.2) is 48.5 Å². The molecule has 1 heterocycles. The molecule has 1 aliphatic heterocycles. The second-order valence-corrected chi connectivity index (χ2v) is 3.96. The van der Waals surface area contributed by atoms with E-state index in [0.717, 1.165) is 13.0 Å². The van der Waals surface area contributed by atoms with Gasteiger partial charge in [-0.05, 0) is 29.2 Å². The summed E-state index contributed by atoms with van der Waals surface area (Å²) in [6.07, 6.45) is 1.04. The number of fused-ring (bicyclic) bond motifs is 2. The highest BCUT2D eigenvalue weighted by Gasteiger charge is 2.10. The Kier molecular flexibility index (Phi) is 3.81. The van der Waals surface area contributed by atoms with E-state index in [1.807, 2.05) is 13.8 Å². The van der Waals surface area contributed by atoms with Crippen LogP contribution in [-0.4, -0.2) is 0 Å². The van der Waals surface area contributed by atoms with E-state index in [-0.39, 0.29) is 0 Å². The van der Waals surface area contributed by atoms with Gasteiger partial charge in [-0.15, -0.1) is 0 Å². The van der Waals surface area contributed by atoms with Gasteiger partial charge in [0.15, 0.2) is 0 Å². The summed E-state index contributed by atoms with van der Waals surface area (Å²) in [6.45, 7) is 4.94. The highest BCUT2D eigenvalue weighted by Crippen LogP contribution is 2.25. The first kappa shape index (κ1) is 11.7. The second kappa shape index (κ2) is 5.53. The Labute approximate surface area is 103 Å². The Morgan fingerprint density at radius 3 is 2.12 bits per heavy atom. The predicted octanol–water partition coefficient (Wildman–Crippen LogP) is 4.23. The molecule has 0 saturated heterocycles. The summed E-state index contributed by atoms with van der Waals surface area (Å²) in [5, 5.41) is 3.48. The fraction of sp³-hybridized carbons (Fsp3) is 0.250. The lowest BCUT2D eigenvalue weighted by Crippen LogP contribution is -1.98. The molecule has 0 unspecified atom stereocenters. The van der Waals surface area contributed by atoms with Crippen LogP contribution in [0.3, 0.4) is 0 Å². The molecular weight excluding hydrogens is 206 g/mol. The maximum Gasteiger partial charge on any atom is 0.0403 e. The molecule has 0 fully saturated rings. The monoisotopic (exact) mass is 225 g/mol. The Bertz CT molecular complexity index is 443. The van der Waals surface area contributed by atoms with Crippen molar-refractivity contribution in [3.05, 3.63) is 65.2 Å². The molecule has 0 aliphatic carbocycles. The molecule has 0 atom stereocenters. The van der Waals surface area contributed by atoms with Crippen LogP contribution in [0.4, 0.5) is 5.69 Å². The molecule has 0 bridgehead atoms. The molecular formula is C16H19N. The minimum absolute atomic E-state index is 0.938. The Hall–Kier alpha value is -1.76. The van der Waals surface area contributed by atoms with Crippen LogP contribution >= 0.6 is 0 Å². The summed E-state index contributed by atoms with van der Waals surface area (Å²) in [6, 6.07) is 17.2. The lowest BCUT2D eigenvalue weighted by Gasteiger charge is -2.05. The number of anilines is 1. The van der Waals surface area contributed by atoms with Crippen molar-refractivity contribution in [3.8, 4) is 0 Å². The van der Waals surface area contributed by atoms with Gasteiger partial charge in [0.1, 0.15) is 0 Å². The molecule has 17 heavy (non-hydrogen) atoms. The van der Waals surface area contributed by atoms with Gasteiger partial charge in [0.05, 0.1) is 0 Å². The topological polar surface area (TPSA) is 12.0 Å². The number of benzene rings is 2. The van der Waals surface area contributed by atoms with Crippen molar-refractivity contribution in [2.24, 2.45) is 0 Å². The first-order chi connectivity index (χ1) is 8.43. The van der Waals surface area contributed by atoms with Crippen molar-refractivity contribution >= 4 is 5.69 Å². The summed E-state index contributed by atoms with van der Waals surface area (Å²) in [4.78, 5) is 0. The van der Waals surface area contributed by atoms with Crippen LogP contribution in [0, 0.1) is 0 Å². The van der Waals surface area contributed by atoms with Crippen molar-refractivity contribution in [3.63, 3.8) is 0 Å². The zero-order valence-electron chi connectivity index (χ0n) is 10.5. The lowest BCUT2D eigenvalue weighted by atomic mass is 10.0. The number of rotatable bonds is 0. The minimum atomic E-state index is 0.938. The van der Waals surface area contributed by atoms with Crippen LogP contribution in [0.25, 0.3) is 0 Å². The van der Waals surface area contributed by atoms with Crippen molar-refractivity contribution < 1.29 is 0 Å². The molecule has 0 amide bonds. The zero-order valence-corrected chi connectivity index (χ0v) is 10.5. The van der Waals surface area contributed by atoms with Crippen molar-refractivity contribution in [2.75, 3.05) is 5.32 Å². The molecule has 0 aromatic heterocycles. The Morgan fingerprint density at radius 2 is 1.35 bits per heavy atom. The first-order valence-electron chi connectivity index (χ1n) is 6.32. The molecule has 88 valence electrons. The fourth-order valence-corrected chi connectivity index (χ4v) is 2.14. The standard InChI is InChI=1S/C14H13N.C2H6/c1-2-7-13-10-15-14-8-4-3-6-12(14)9-11(13)5-1;1-2/h1-8,15H,9-10H2;1-2H3. The van der Waals surface area contributed by atoms with Crippen LogP contribution in [0.1, 0.15) is 30.5 Å². The van der Waals surface area contributed by atoms with Crippen molar-refractivity contribution in [1.29, 1.82) is 0 Å². The minimum Gasteiger partial charge on any atom is -0.381 e. The van der Waals surface area contributed by atoms with E-state index in [2.05, 4.69) is 53.8 Å². The van der Waals surface area contributed by atoms with Crippen LogP contribution in [0.2, 0.25) is 0 Å². The first-order valence-corrected chi connectivity index (χ1v) is 6.32. The van der Waals surface area contributed by atoms with E-state index in [0.29, 0.717) is 0 Å². The molecule has 2 aromatic rings. The normalized spacial score (nSPS) is 12.1. The number of hydrogen-bond donors (Lipinski definition) is 1. The molecule has 1 heteroatoms. The SMILES string of the molecule is CC.c1ccc2c(c1)CNc1ccccc1C2. The maximum absolute atomic E-state index is 3.48. The number of nitrogens with one attached hydrogen (secondary N) is 1. The van der Waals surface area contributed by atoms with E-state index in [9.17, 15) is 0 Å². The quantitative estimate of drug-likeness (QED) is 0.707. The third-order valence-electron chi connectivity index (χ3n) is 2.99. The van der Waals surface area contributed by atoms with Gasteiger partial charge >= 0.3 is 0 Å². The highest BCUT2D eigenvalue weighted by atomic mass is 14.9. The van der Waals surface area contributed by atoms with Gasteiger partial charge < -0.3 is 5.32 Å². The molecule has 0 saturated carbocycles. The largest absolute Gasteiger partial charge is 0.381 e. The molecule has 3 rings (SSSR count). The van der Waals surface area contributed by atoms with Gasteiger partial charge in [-0.2, -0.15) is 0 Å². The van der Waals surface area contributed by atoms with E-state index >= 15 is 0 Å². The van der Waals surface area contributed by atoms with Gasteiger partial charge in [0.25, 0.3) is 0 Å². The van der Waals surface area contributed by atoms with Crippen LogP contribution < -0.4 is 5.32 Å². The summed E-state index contributed by atoms with van der Waals surface area (Å²) in [5.41, 5.74) is 5.51. The Balaban J connectivity index is 0.000000514. The van der Waals surface area contributed by atoms with Gasteiger partial charge in [-0.3, -0.25) is 0 Å². The maximum atomic E-state index is 3.48. The van der Waals surface area contributed by atoms with Crippen molar-refractivity contribution in [1.82, 2.24) is 0 Å². The smallest absolute Gasteiger partial charge is 0.0403 e. The average Bonchev–Trinajstić information content (AvgIpc) is 2.60. The lowest BCUT2D eigenvalue weighted by molar-refractivity contribution is 1.12. The number of para-hydroxylation sites is 1. The van der Waals surface area contributed by atoms with E-state index in [1.165, 1.54) is 22.4 Å². The molecule has 0 radical (unpaired) electrons. The summed E-state index contributed by atoms with van der Waals surface area (Å²) in [5.74, 6) is 0. The third-order valence-corrected chi connectivity index (χ3v) is 2.99. The van der Waals surface area contributed by atoms with Crippen LogP contribution in [-0.2, 0) is 13.0 Å². The number of hydrogen-bond acceptors (Lipinski definition) is 1. The molecule has 1 nitrogen and oxygen atoms in total.